The highest BCUT2D eigenvalue weighted by molar-refractivity contribution is 5.96. The third kappa shape index (κ3) is 4.13. The van der Waals surface area contributed by atoms with Crippen molar-refractivity contribution < 1.29 is 9.59 Å². The topological polar surface area (TPSA) is 52.7 Å². The number of nitrogens with zero attached hydrogens (tertiary/aromatic N) is 2. The number of hydrogen-bond acceptors (Lipinski definition) is 3. The van der Waals surface area contributed by atoms with Crippen molar-refractivity contribution in [3.8, 4) is 0 Å². The average molecular weight is 365 g/mol. The lowest BCUT2D eigenvalue weighted by Gasteiger charge is -2.27. The van der Waals surface area contributed by atoms with Gasteiger partial charge in [0.05, 0.1) is 13.1 Å². The molecule has 5 nitrogen and oxygen atoms in total. The summed E-state index contributed by atoms with van der Waals surface area (Å²) in [6.45, 7) is 6.37. The summed E-state index contributed by atoms with van der Waals surface area (Å²) >= 11 is 0. The van der Waals surface area contributed by atoms with Crippen LogP contribution in [0.15, 0.2) is 42.5 Å². The van der Waals surface area contributed by atoms with Gasteiger partial charge in [-0.3, -0.25) is 9.59 Å². The molecule has 0 aromatic heterocycles. The zero-order valence-electron chi connectivity index (χ0n) is 16.5. The third-order valence-electron chi connectivity index (χ3n) is 5.21. The second kappa shape index (κ2) is 7.82. The van der Waals surface area contributed by atoms with Gasteiger partial charge in [-0.15, -0.1) is 0 Å². The largest absolute Gasteiger partial charge is 0.359 e. The van der Waals surface area contributed by atoms with Gasteiger partial charge >= 0.3 is 0 Å². The van der Waals surface area contributed by atoms with E-state index in [-0.39, 0.29) is 30.9 Å². The maximum atomic E-state index is 12.7. The van der Waals surface area contributed by atoms with Crippen LogP contribution in [0.5, 0.6) is 0 Å². The van der Waals surface area contributed by atoms with E-state index in [1.54, 1.807) is 7.05 Å². The molecule has 27 heavy (non-hydrogen) atoms. The van der Waals surface area contributed by atoms with Crippen molar-refractivity contribution in [2.75, 3.05) is 30.4 Å². The molecular weight excluding hydrogens is 338 g/mol. The molecule has 0 aliphatic carbocycles. The van der Waals surface area contributed by atoms with Gasteiger partial charge in [0.2, 0.25) is 11.8 Å². The highest BCUT2D eigenvalue weighted by atomic mass is 16.2. The predicted octanol–water partition coefficient (Wildman–Crippen LogP) is 3.15. The molecule has 0 saturated carbocycles. The third-order valence-corrected chi connectivity index (χ3v) is 5.21. The highest BCUT2D eigenvalue weighted by Gasteiger charge is 2.28. The van der Waals surface area contributed by atoms with Crippen molar-refractivity contribution in [2.24, 2.45) is 0 Å². The maximum Gasteiger partial charge on any atom is 0.243 e. The molecule has 0 radical (unpaired) electrons. The molecule has 5 heteroatoms. The van der Waals surface area contributed by atoms with Gasteiger partial charge in [0.25, 0.3) is 0 Å². The van der Waals surface area contributed by atoms with E-state index in [0.29, 0.717) is 0 Å². The summed E-state index contributed by atoms with van der Waals surface area (Å²) in [5.74, 6) is -0.242. The average Bonchev–Trinajstić information content (AvgIpc) is 2.94. The molecular formula is C22H27N3O2. The van der Waals surface area contributed by atoms with Gasteiger partial charge in [0, 0.05) is 24.5 Å². The van der Waals surface area contributed by atoms with Crippen molar-refractivity contribution in [2.45, 2.75) is 33.2 Å². The predicted molar refractivity (Wildman–Crippen MR) is 109 cm³/mol. The second-order valence-corrected chi connectivity index (χ2v) is 7.37. The van der Waals surface area contributed by atoms with E-state index in [0.717, 1.165) is 28.9 Å². The second-order valence-electron chi connectivity index (χ2n) is 7.37. The number of nitrogens with one attached hydrogen (secondary N) is 1. The molecule has 1 heterocycles. The molecule has 142 valence electrons. The van der Waals surface area contributed by atoms with Crippen molar-refractivity contribution in [3.63, 3.8) is 0 Å². The quantitative estimate of drug-likeness (QED) is 0.886. The van der Waals surface area contributed by atoms with Gasteiger partial charge in [-0.05, 0) is 49.9 Å². The van der Waals surface area contributed by atoms with Gasteiger partial charge in [-0.1, -0.05) is 36.4 Å². The Hall–Kier alpha value is -2.82. The maximum absolute atomic E-state index is 12.7. The van der Waals surface area contributed by atoms with Gasteiger partial charge in [0.15, 0.2) is 0 Å². The van der Waals surface area contributed by atoms with Crippen LogP contribution in [0.2, 0.25) is 0 Å². The number of benzene rings is 2. The van der Waals surface area contributed by atoms with Crippen LogP contribution in [0, 0.1) is 13.8 Å². The molecule has 1 atom stereocenters. The summed E-state index contributed by atoms with van der Waals surface area (Å²) in [7, 11) is 1.68. The van der Waals surface area contributed by atoms with Crippen molar-refractivity contribution in [1.29, 1.82) is 0 Å². The number of fused-ring (bicyclic) bond motifs is 1. The Morgan fingerprint density at radius 3 is 2.48 bits per heavy atom. The lowest BCUT2D eigenvalue weighted by molar-refractivity contribution is -0.132. The number of amides is 2. The Labute approximate surface area is 161 Å². The van der Waals surface area contributed by atoms with Crippen molar-refractivity contribution >= 4 is 23.2 Å². The normalized spacial score (nSPS) is 15.4. The fourth-order valence-corrected chi connectivity index (χ4v) is 3.63. The number of rotatable bonds is 5. The van der Waals surface area contributed by atoms with Crippen LogP contribution in [0.4, 0.5) is 11.4 Å². The highest BCUT2D eigenvalue weighted by Crippen LogP contribution is 2.31. The van der Waals surface area contributed by atoms with Crippen LogP contribution < -0.4 is 10.2 Å². The molecule has 1 N–H and O–H groups in total. The van der Waals surface area contributed by atoms with Gasteiger partial charge in [-0.2, -0.15) is 0 Å². The van der Waals surface area contributed by atoms with Crippen molar-refractivity contribution in [3.05, 3.63) is 59.2 Å². The zero-order chi connectivity index (χ0) is 19.6. The Kier molecular flexibility index (Phi) is 5.49. The van der Waals surface area contributed by atoms with Crippen LogP contribution in [-0.4, -0.2) is 42.9 Å². The zero-order valence-corrected chi connectivity index (χ0v) is 16.5. The van der Waals surface area contributed by atoms with Gasteiger partial charge in [0.1, 0.15) is 0 Å². The number of para-hydroxylation sites is 2. The first-order valence-corrected chi connectivity index (χ1v) is 9.31. The number of carbonyl (C=O) groups is 2. The molecule has 2 amide bonds. The minimum atomic E-state index is -0.182. The van der Waals surface area contributed by atoms with Crippen LogP contribution in [-0.2, 0) is 16.0 Å². The van der Waals surface area contributed by atoms with E-state index in [1.807, 2.05) is 44.2 Å². The summed E-state index contributed by atoms with van der Waals surface area (Å²) in [5.41, 5.74) is 5.24. The van der Waals surface area contributed by atoms with Crippen LogP contribution in [0.25, 0.3) is 0 Å². The van der Waals surface area contributed by atoms with E-state index < -0.39 is 0 Å². The first kappa shape index (κ1) is 19.0. The molecule has 0 bridgehead atoms. The van der Waals surface area contributed by atoms with Crippen LogP contribution in [0.1, 0.15) is 23.6 Å². The first-order chi connectivity index (χ1) is 12.9. The van der Waals surface area contributed by atoms with E-state index in [2.05, 4.69) is 29.3 Å². The molecule has 2 aromatic rings. The summed E-state index contributed by atoms with van der Waals surface area (Å²) in [5, 5.41) is 2.94. The Bertz CT molecular complexity index is 842. The van der Waals surface area contributed by atoms with E-state index in [9.17, 15) is 9.59 Å². The minimum absolute atomic E-state index is 0.0382. The molecule has 1 unspecified atom stereocenters. The molecule has 1 aliphatic heterocycles. The van der Waals surface area contributed by atoms with E-state index in [1.165, 1.54) is 10.5 Å². The fourth-order valence-electron chi connectivity index (χ4n) is 3.63. The number of likely N-dealkylation sites (N-methyl/N-ethyl adjacent to an activating group) is 1. The Balaban J connectivity index is 1.60. The van der Waals surface area contributed by atoms with Gasteiger partial charge in [-0.25, -0.2) is 0 Å². The fraction of sp³-hybridized carbons (Fsp3) is 0.364. The monoisotopic (exact) mass is 365 g/mol. The Morgan fingerprint density at radius 1 is 1.11 bits per heavy atom. The molecule has 0 fully saturated rings. The number of hydrogen-bond donors (Lipinski definition) is 1. The lowest BCUT2D eigenvalue weighted by Crippen LogP contribution is -2.43. The summed E-state index contributed by atoms with van der Waals surface area (Å²) < 4.78 is 0. The lowest BCUT2D eigenvalue weighted by atomic mass is 10.1. The van der Waals surface area contributed by atoms with E-state index in [4.69, 9.17) is 0 Å². The van der Waals surface area contributed by atoms with E-state index >= 15 is 0 Å². The SMILES string of the molecule is Cc1cccc(C)c1NC(=O)CN(C)C(=O)CN1c2ccccc2CC1C. The van der Waals surface area contributed by atoms with Crippen molar-refractivity contribution in [1.82, 2.24) is 4.90 Å². The van der Waals surface area contributed by atoms with Crippen LogP contribution >= 0.6 is 0 Å². The summed E-state index contributed by atoms with van der Waals surface area (Å²) in [6.07, 6.45) is 0.945. The number of anilines is 2. The number of aryl methyl sites for hydroxylation is 2. The molecule has 3 rings (SSSR count). The summed E-state index contributed by atoms with van der Waals surface area (Å²) in [4.78, 5) is 28.7. The molecule has 0 saturated heterocycles. The Morgan fingerprint density at radius 2 is 1.78 bits per heavy atom. The molecule has 1 aliphatic rings. The van der Waals surface area contributed by atoms with Crippen LogP contribution in [0.3, 0.4) is 0 Å². The molecule has 2 aromatic carbocycles. The minimum Gasteiger partial charge on any atom is -0.359 e. The number of carbonyl (C=O) groups excluding carboxylic acids is 2. The summed E-state index contributed by atoms with van der Waals surface area (Å²) in [6, 6.07) is 14.4. The standard InChI is InChI=1S/C22H27N3O2/c1-15-8-7-9-16(2)22(15)23-20(26)13-24(4)21(27)14-25-17(3)12-18-10-5-6-11-19(18)25/h5-11,17H,12-14H2,1-4H3,(H,23,26). The first-order valence-electron chi connectivity index (χ1n) is 9.31. The smallest absolute Gasteiger partial charge is 0.243 e. The molecule has 0 spiro atoms. The van der Waals surface area contributed by atoms with Gasteiger partial charge < -0.3 is 15.1 Å².